The summed E-state index contributed by atoms with van der Waals surface area (Å²) in [4.78, 5) is 31.4. The van der Waals surface area contributed by atoms with Gasteiger partial charge in [0.25, 0.3) is 5.91 Å². The van der Waals surface area contributed by atoms with Crippen LogP contribution in [0, 0.1) is 0 Å². The predicted molar refractivity (Wildman–Crippen MR) is 83.1 cm³/mol. The standard InChI is InChI=1S/C15H18N6O2/c1-8(16)10-5-12-17-11(9-3-4-9)6-13(21(12)18-10)20-7-14(22)19(2)15(20)23/h5-6,8-9H,3-4,7,16H2,1-2H3/t8-/m1/s1. The minimum atomic E-state index is -0.345. The molecule has 1 aliphatic carbocycles. The van der Waals surface area contributed by atoms with Gasteiger partial charge in [-0.05, 0) is 19.8 Å². The zero-order valence-corrected chi connectivity index (χ0v) is 13.1. The van der Waals surface area contributed by atoms with Crippen LogP contribution in [0.3, 0.4) is 0 Å². The first-order valence-electron chi connectivity index (χ1n) is 7.70. The van der Waals surface area contributed by atoms with Crippen molar-refractivity contribution in [2.75, 3.05) is 18.5 Å². The number of carbonyl (C=O) groups is 2. The lowest BCUT2D eigenvalue weighted by molar-refractivity contribution is -0.123. The van der Waals surface area contributed by atoms with Gasteiger partial charge in [-0.1, -0.05) is 0 Å². The first-order valence-corrected chi connectivity index (χ1v) is 7.70. The second kappa shape index (κ2) is 4.76. The van der Waals surface area contributed by atoms with Crippen molar-refractivity contribution < 1.29 is 9.59 Å². The van der Waals surface area contributed by atoms with E-state index in [1.165, 1.54) is 11.9 Å². The van der Waals surface area contributed by atoms with E-state index in [4.69, 9.17) is 5.73 Å². The van der Waals surface area contributed by atoms with Crippen LogP contribution < -0.4 is 10.6 Å². The minimum absolute atomic E-state index is 0.0198. The predicted octanol–water partition coefficient (Wildman–Crippen LogP) is 1.02. The Labute approximate surface area is 132 Å². The molecule has 1 atom stereocenters. The molecule has 0 unspecified atom stereocenters. The number of anilines is 1. The molecule has 3 heterocycles. The number of imide groups is 1. The molecule has 2 aromatic heterocycles. The van der Waals surface area contributed by atoms with Gasteiger partial charge in [0.2, 0.25) is 0 Å². The molecule has 0 radical (unpaired) electrons. The Morgan fingerprint density at radius 1 is 1.30 bits per heavy atom. The van der Waals surface area contributed by atoms with Crippen LogP contribution in [0.4, 0.5) is 10.6 Å². The van der Waals surface area contributed by atoms with E-state index in [-0.39, 0.29) is 24.5 Å². The SMILES string of the molecule is C[C@@H](N)c1cc2nc(C3CC3)cc(N3CC(=O)N(C)C3=O)n2n1. The maximum absolute atomic E-state index is 12.3. The highest BCUT2D eigenvalue weighted by Gasteiger charge is 2.37. The van der Waals surface area contributed by atoms with Gasteiger partial charge in [0, 0.05) is 36.8 Å². The van der Waals surface area contributed by atoms with Crippen LogP contribution in [-0.4, -0.2) is 45.0 Å². The summed E-state index contributed by atoms with van der Waals surface area (Å²) in [5, 5.41) is 4.47. The van der Waals surface area contributed by atoms with Gasteiger partial charge in [0.15, 0.2) is 5.65 Å². The summed E-state index contributed by atoms with van der Waals surface area (Å²) in [5.74, 6) is 0.776. The van der Waals surface area contributed by atoms with Crippen molar-refractivity contribution in [2.45, 2.75) is 31.7 Å². The van der Waals surface area contributed by atoms with Gasteiger partial charge >= 0.3 is 6.03 Å². The molecule has 2 aromatic rings. The highest BCUT2D eigenvalue weighted by atomic mass is 16.2. The molecule has 8 nitrogen and oxygen atoms in total. The van der Waals surface area contributed by atoms with Crippen LogP contribution in [0.5, 0.6) is 0 Å². The maximum Gasteiger partial charge on any atom is 0.332 e. The number of urea groups is 1. The minimum Gasteiger partial charge on any atom is -0.323 e. The molecular weight excluding hydrogens is 296 g/mol. The number of rotatable bonds is 3. The Morgan fingerprint density at radius 3 is 2.61 bits per heavy atom. The summed E-state index contributed by atoms with van der Waals surface area (Å²) in [6, 6.07) is 3.13. The number of hydrogen-bond acceptors (Lipinski definition) is 5. The lowest BCUT2D eigenvalue weighted by Gasteiger charge is -2.17. The van der Waals surface area contributed by atoms with E-state index in [1.807, 2.05) is 19.1 Å². The monoisotopic (exact) mass is 314 g/mol. The molecule has 1 saturated carbocycles. The fourth-order valence-electron chi connectivity index (χ4n) is 2.77. The zero-order chi connectivity index (χ0) is 16.3. The third-order valence-corrected chi connectivity index (χ3v) is 4.37. The van der Waals surface area contributed by atoms with E-state index >= 15 is 0 Å². The van der Waals surface area contributed by atoms with E-state index in [9.17, 15) is 9.59 Å². The summed E-state index contributed by atoms with van der Waals surface area (Å²) in [7, 11) is 1.49. The quantitative estimate of drug-likeness (QED) is 0.853. The van der Waals surface area contributed by atoms with Crippen molar-refractivity contribution >= 4 is 23.4 Å². The van der Waals surface area contributed by atoms with Gasteiger partial charge in [-0.3, -0.25) is 14.6 Å². The summed E-state index contributed by atoms with van der Waals surface area (Å²) in [6.07, 6.45) is 2.20. The topological polar surface area (TPSA) is 96.8 Å². The van der Waals surface area contributed by atoms with E-state index in [2.05, 4.69) is 10.1 Å². The molecule has 1 aliphatic heterocycles. The van der Waals surface area contributed by atoms with E-state index < -0.39 is 0 Å². The van der Waals surface area contributed by atoms with Crippen LogP contribution in [0.25, 0.3) is 5.65 Å². The first-order chi connectivity index (χ1) is 11.0. The molecule has 1 saturated heterocycles. The molecule has 0 aromatic carbocycles. The fourth-order valence-corrected chi connectivity index (χ4v) is 2.77. The smallest absolute Gasteiger partial charge is 0.323 e. The average molecular weight is 314 g/mol. The lowest BCUT2D eigenvalue weighted by Crippen LogP contribution is -2.31. The molecule has 2 aliphatic rings. The Balaban J connectivity index is 1.89. The molecule has 3 amide bonds. The van der Waals surface area contributed by atoms with Gasteiger partial charge in [0.05, 0.1) is 5.69 Å². The molecule has 8 heteroatoms. The first kappa shape index (κ1) is 14.1. The summed E-state index contributed by atoms with van der Waals surface area (Å²) in [5.41, 5.74) is 8.22. The Hall–Kier alpha value is -2.48. The fraction of sp³-hybridized carbons (Fsp3) is 0.467. The molecule has 120 valence electrons. The Kier molecular flexibility index (Phi) is 2.92. The number of nitrogens with zero attached hydrogens (tertiary/aromatic N) is 5. The van der Waals surface area contributed by atoms with Crippen LogP contribution in [-0.2, 0) is 4.79 Å². The van der Waals surface area contributed by atoms with E-state index in [1.54, 1.807) is 4.52 Å². The summed E-state index contributed by atoms with van der Waals surface area (Å²) >= 11 is 0. The Bertz CT molecular complexity index is 823. The van der Waals surface area contributed by atoms with Crippen LogP contribution in [0.2, 0.25) is 0 Å². The number of nitrogens with two attached hydrogens (primary N) is 1. The number of carbonyl (C=O) groups excluding carboxylic acids is 2. The van der Waals surface area contributed by atoms with Gasteiger partial charge < -0.3 is 5.73 Å². The van der Waals surface area contributed by atoms with E-state index in [0.29, 0.717) is 23.1 Å². The van der Waals surface area contributed by atoms with Gasteiger partial charge in [-0.15, -0.1) is 0 Å². The molecular formula is C15H18N6O2. The number of hydrogen-bond donors (Lipinski definition) is 1. The maximum atomic E-state index is 12.3. The van der Waals surface area contributed by atoms with Crippen molar-refractivity contribution in [3.8, 4) is 0 Å². The molecule has 0 spiro atoms. The van der Waals surface area contributed by atoms with Crippen LogP contribution in [0.1, 0.15) is 43.1 Å². The Morgan fingerprint density at radius 2 is 2.04 bits per heavy atom. The highest BCUT2D eigenvalue weighted by molar-refractivity contribution is 6.11. The average Bonchev–Trinajstić information content (AvgIpc) is 3.23. The van der Waals surface area contributed by atoms with Gasteiger partial charge in [0.1, 0.15) is 12.4 Å². The van der Waals surface area contributed by atoms with Crippen LogP contribution >= 0.6 is 0 Å². The third kappa shape index (κ3) is 2.17. The normalized spacial score (nSPS) is 20.0. The second-order valence-corrected chi connectivity index (χ2v) is 6.26. The third-order valence-electron chi connectivity index (χ3n) is 4.37. The van der Waals surface area contributed by atoms with Crippen molar-refractivity contribution in [1.29, 1.82) is 0 Å². The van der Waals surface area contributed by atoms with Crippen molar-refractivity contribution in [2.24, 2.45) is 5.73 Å². The van der Waals surface area contributed by atoms with E-state index in [0.717, 1.165) is 23.4 Å². The van der Waals surface area contributed by atoms with Crippen molar-refractivity contribution in [3.63, 3.8) is 0 Å². The largest absolute Gasteiger partial charge is 0.332 e. The number of aromatic nitrogens is 3. The lowest BCUT2D eigenvalue weighted by atomic mass is 10.2. The molecule has 2 N–H and O–H groups in total. The molecule has 23 heavy (non-hydrogen) atoms. The van der Waals surface area contributed by atoms with Crippen molar-refractivity contribution in [3.05, 3.63) is 23.5 Å². The molecule has 4 rings (SSSR count). The summed E-state index contributed by atoms with van der Waals surface area (Å²) < 4.78 is 1.61. The summed E-state index contributed by atoms with van der Waals surface area (Å²) in [6.45, 7) is 1.87. The second-order valence-electron chi connectivity index (χ2n) is 6.26. The molecule has 2 fully saturated rings. The van der Waals surface area contributed by atoms with Gasteiger partial charge in [-0.25, -0.2) is 9.78 Å². The highest BCUT2D eigenvalue weighted by Crippen LogP contribution is 2.40. The number of likely N-dealkylation sites (N-methyl/N-ethyl adjacent to an activating group) is 1. The zero-order valence-electron chi connectivity index (χ0n) is 13.1. The van der Waals surface area contributed by atoms with Gasteiger partial charge in [-0.2, -0.15) is 9.61 Å². The number of fused-ring (bicyclic) bond motifs is 1. The van der Waals surface area contributed by atoms with Crippen LogP contribution in [0.15, 0.2) is 12.1 Å². The molecule has 0 bridgehead atoms. The number of amides is 3. The van der Waals surface area contributed by atoms with Crippen molar-refractivity contribution in [1.82, 2.24) is 19.5 Å².